The molecule has 10 nitrogen and oxygen atoms in total. The summed E-state index contributed by atoms with van der Waals surface area (Å²) in [5.41, 5.74) is 0.840. The molecule has 0 spiro atoms. The molecule has 1 aromatic rings. The molecule has 2 saturated heterocycles. The number of nitro groups is 1. The van der Waals surface area contributed by atoms with Crippen LogP contribution in [0.25, 0.3) is 0 Å². The van der Waals surface area contributed by atoms with E-state index in [9.17, 15) is 24.8 Å². The number of aliphatic hydroxyl groups is 1. The maximum absolute atomic E-state index is 13.3. The summed E-state index contributed by atoms with van der Waals surface area (Å²) in [5, 5.41) is 21.7. The van der Waals surface area contributed by atoms with E-state index in [-0.39, 0.29) is 41.1 Å². The van der Waals surface area contributed by atoms with Gasteiger partial charge in [-0.1, -0.05) is 6.92 Å². The zero-order chi connectivity index (χ0) is 26.4. The quantitative estimate of drug-likeness (QED) is 0.238. The van der Waals surface area contributed by atoms with Crippen LogP contribution in [0.2, 0.25) is 0 Å². The van der Waals surface area contributed by atoms with Gasteiger partial charge in [0.2, 0.25) is 5.91 Å². The van der Waals surface area contributed by atoms with Gasteiger partial charge in [0.1, 0.15) is 18.1 Å². The number of fused-ring (bicyclic) bond motifs is 1. The molecule has 0 unspecified atom stereocenters. The number of aliphatic imine (C=N–C) groups is 1. The van der Waals surface area contributed by atoms with Crippen LogP contribution in [0.4, 0.5) is 5.69 Å². The molecule has 0 bridgehead atoms. The number of likely N-dealkylation sites (tertiary alicyclic amines) is 1. The number of hydrogen-bond donors (Lipinski definition) is 1. The number of benzene rings is 1. The molecule has 4 heterocycles. The van der Waals surface area contributed by atoms with E-state index in [0.717, 1.165) is 36.1 Å². The fourth-order valence-corrected chi connectivity index (χ4v) is 7.87. The van der Waals surface area contributed by atoms with E-state index >= 15 is 0 Å². The SMILES string of the molecule is C[C@@H]1SCCN=C1N1CC(SC2=C(C(=O)OCc3ccc([N+](=O)[O-])cc3)N3C(=O)[C@H]([C@@H](C)O)[C@H]3[C@H]2C)C1. The Labute approximate surface area is 223 Å². The van der Waals surface area contributed by atoms with Crippen LogP contribution in [0.1, 0.15) is 26.3 Å². The Balaban J connectivity index is 1.31. The van der Waals surface area contributed by atoms with Crippen molar-refractivity contribution >= 4 is 46.9 Å². The molecule has 1 aromatic carbocycles. The number of nitrogens with zero attached hydrogens (tertiary/aromatic N) is 4. The highest BCUT2D eigenvalue weighted by atomic mass is 32.2. The summed E-state index contributed by atoms with van der Waals surface area (Å²) >= 11 is 3.53. The standard InChI is InChI=1S/C25H30N4O6S2/c1-13-20-19(14(2)30)24(31)28(20)21(25(32)35-12-16-4-6-17(7-5-16)29(33)34)22(13)37-18-10-27(11-18)23-15(3)36-9-8-26-23/h4-7,13-15,18-20,30H,8-12H2,1-3H3/t13-,14-,15+,19-,20-/m1/s1. The molecule has 5 atom stereocenters. The van der Waals surface area contributed by atoms with Gasteiger partial charge in [-0.05, 0) is 31.5 Å². The van der Waals surface area contributed by atoms with Crippen LogP contribution in [-0.2, 0) is 20.9 Å². The second kappa shape index (κ2) is 10.3. The molecule has 198 valence electrons. The van der Waals surface area contributed by atoms with Crippen molar-refractivity contribution in [2.24, 2.45) is 16.8 Å². The van der Waals surface area contributed by atoms with Gasteiger partial charge >= 0.3 is 5.97 Å². The monoisotopic (exact) mass is 546 g/mol. The molecule has 0 radical (unpaired) electrons. The van der Waals surface area contributed by atoms with Crippen LogP contribution in [-0.4, -0.2) is 85.6 Å². The minimum atomic E-state index is -0.805. The van der Waals surface area contributed by atoms with Crippen molar-refractivity contribution in [3.8, 4) is 0 Å². The number of ether oxygens (including phenoxy) is 1. The minimum Gasteiger partial charge on any atom is -0.456 e. The van der Waals surface area contributed by atoms with Crippen molar-refractivity contribution in [2.75, 3.05) is 25.4 Å². The number of amides is 1. The highest BCUT2D eigenvalue weighted by Gasteiger charge is 2.60. The Morgan fingerprint density at radius 3 is 2.65 bits per heavy atom. The van der Waals surface area contributed by atoms with Crippen molar-refractivity contribution in [3.63, 3.8) is 0 Å². The number of nitro benzene ring substituents is 1. The average molecular weight is 547 g/mol. The number of thioether (sulfide) groups is 2. The third kappa shape index (κ3) is 4.74. The third-order valence-electron chi connectivity index (χ3n) is 7.38. The lowest BCUT2D eigenvalue weighted by molar-refractivity contribution is -0.384. The molecule has 0 aromatic heterocycles. The summed E-state index contributed by atoms with van der Waals surface area (Å²) in [5.74, 6) is 0.685. The van der Waals surface area contributed by atoms with E-state index in [4.69, 9.17) is 9.73 Å². The summed E-state index contributed by atoms with van der Waals surface area (Å²) in [6.07, 6.45) is -0.805. The average Bonchev–Trinajstić information content (AvgIpc) is 3.08. The molecule has 5 rings (SSSR count). The van der Waals surface area contributed by atoms with E-state index in [0.29, 0.717) is 10.8 Å². The Morgan fingerprint density at radius 1 is 1.32 bits per heavy atom. The van der Waals surface area contributed by atoms with Crippen molar-refractivity contribution in [3.05, 3.63) is 50.5 Å². The molecular weight excluding hydrogens is 516 g/mol. The van der Waals surface area contributed by atoms with Gasteiger partial charge in [0, 0.05) is 47.0 Å². The maximum Gasteiger partial charge on any atom is 0.356 e. The Hall–Kier alpha value is -2.57. The smallest absolute Gasteiger partial charge is 0.356 e. The lowest BCUT2D eigenvalue weighted by Crippen LogP contribution is -2.63. The first kappa shape index (κ1) is 26.1. The van der Waals surface area contributed by atoms with E-state index in [1.54, 1.807) is 30.8 Å². The summed E-state index contributed by atoms with van der Waals surface area (Å²) in [7, 11) is 0. The molecule has 2 fully saturated rings. The van der Waals surface area contributed by atoms with Gasteiger partial charge in [0.25, 0.3) is 5.69 Å². The van der Waals surface area contributed by atoms with Gasteiger partial charge < -0.3 is 19.6 Å². The largest absolute Gasteiger partial charge is 0.456 e. The lowest BCUT2D eigenvalue weighted by atomic mass is 9.79. The lowest BCUT2D eigenvalue weighted by Gasteiger charge is -2.46. The summed E-state index contributed by atoms with van der Waals surface area (Å²) in [6.45, 7) is 8.22. The number of carbonyl (C=O) groups is 2. The molecule has 1 amide bonds. The first-order chi connectivity index (χ1) is 17.7. The van der Waals surface area contributed by atoms with Crippen LogP contribution < -0.4 is 0 Å². The summed E-state index contributed by atoms with van der Waals surface area (Å²) < 4.78 is 5.58. The molecular formula is C25H30N4O6S2. The van der Waals surface area contributed by atoms with Gasteiger partial charge in [0.15, 0.2) is 0 Å². The molecule has 12 heteroatoms. The zero-order valence-corrected chi connectivity index (χ0v) is 22.5. The van der Waals surface area contributed by atoms with Crippen LogP contribution in [0.15, 0.2) is 39.9 Å². The van der Waals surface area contributed by atoms with Gasteiger partial charge in [0.05, 0.1) is 34.8 Å². The van der Waals surface area contributed by atoms with Crippen LogP contribution in [0.5, 0.6) is 0 Å². The van der Waals surface area contributed by atoms with Gasteiger partial charge in [-0.15, -0.1) is 23.5 Å². The first-order valence-electron chi connectivity index (χ1n) is 12.4. The second-order valence-corrected chi connectivity index (χ2v) is 12.7. The maximum atomic E-state index is 13.3. The fourth-order valence-electron chi connectivity index (χ4n) is 5.43. The number of carbonyl (C=O) groups excluding carboxylic acids is 2. The molecule has 0 saturated carbocycles. The number of hydrogen-bond acceptors (Lipinski definition) is 10. The number of esters is 1. The van der Waals surface area contributed by atoms with E-state index < -0.39 is 22.9 Å². The predicted octanol–water partition coefficient (Wildman–Crippen LogP) is 2.66. The zero-order valence-electron chi connectivity index (χ0n) is 20.9. The number of non-ortho nitro benzene ring substituents is 1. The van der Waals surface area contributed by atoms with Crippen LogP contribution >= 0.6 is 23.5 Å². The molecule has 0 aliphatic carbocycles. The summed E-state index contributed by atoms with van der Waals surface area (Å²) in [6, 6.07) is 5.55. The van der Waals surface area contributed by atoms with Crippen molar-refractivity contribution in [2.45, 2.75) is 50.0 Å². The third-order valence-corrected chi connectivity index (χ3v) is 9.96. The normalized spacial score (nSPS) is 28.3. The fraction of sp³-hybridized carbons (Fsp3) is 0.560. The van der Waals surface area contributed by atoms with Crippen molar-refractivity contribution in [1.82, 2.24) is 9.80 Å². The predicted molar refractivity (Wildman–Crippen MR) is 142 cm³/mol. The molecule has 4 aliphatic heterocycles. The number of aliphatic hydroxyl groups excluding tert-OH is 1. The van der Waals surface area contributed by atoms with Gasteiger partial charge in [-0.3, -0.25) is 19.9 Å². The van der Waals surface area contributed by atoms with E-state index in [2.05, 4.69) is 11.8 Å². The Bertz CT molecular complexity index is 1160. The van der Waals surface area contributed by atoms with Crippen molar-refractivity contribution < 1.29 is 24.4 Å². The van der Waals surface area contributed by atoms with E-state index in [1.165, 1.54) is 17.0 Å². The number of β-lactam (4-membered cyclic amide) rings is 1. The van der Waals surface area contributed by atoms with E-state index in [1.807, 2.05) is 18.7 Å². The van der Waals surface area contributed by atoms with Gasteiger partial charge in [-0.2, -0.15) is 0 Å². The summed E-state index contributed by atoms with van der Waals surface area (Å²) in [4.78, 5) is 46.0. The second-order valence-electron chi connectivity index (χ2n) is 9.86. The van der Waals surface area contributed by atoms with Crippen LogP contribution in [0.3, 0.4) is 0 Å². The van der Waals surface area contributed by atoms with Crippen molar-refractivity contribution in [1.29, 1.82) is 0 Å². The van der Waals surface area contributed by atoms with Gasteiger partial charge in [-0.25, -0.2) is 4.79 Å². The minimum absolute atomic E-state index is 0.0407. The first-order valence-corrected chi connectivity index (χ1v) is 14.3. The molecule has 1 N–H and O–H groups in total. The molecule has 4 aliphatic rings. The Kier molecular flexibility index (Phi) is 7.25. The topological polar surface area (TPSA) is 126 Å². The molecule has 37 heavy (non-hydrogen) atoms. The highest BCUT2D eigenvalue weighted by molar-refractivity contribution is 8.03. The number of amidine groups is 1. The Morgan fingerprint density at radius 2 is 2.03 bits per heavy atom. The number of rotatable bonds is 7. The highest BCUT2D eigenvalue weighted by Crippen LogP contribution is 2.52. The van der Waals surface area contributed by atoms with Crippen LogP contribution in [0, 0.1) is 22.0 Å².